The highest BCUT2D eigenvalue weighted by atomic mass is 32.2. The van der Waals surface area contributed by atoms with Crippen LogP contribution >= 0.6 is 11.8 Å². The van der Waals surface area contributed by atoms with Crippen LogP contribution in [0.25, 0.3) is 0 Å². The molecule has 108 valence electrons. The smallest absolute Gasteiger partial charge is 0.161 e. The number of amidine groups is 1. The van der Waals surface area contributed by atoms with E-state index < -0.39 is 6.10 Å². The average Bonchev–Trinajstić information content (AvgIpc) is 2.82. The van der Waals surface area contributed by atoms with Gasteiger partial charge in [0, 0.05) is 13.6 Å². The Labute approximate surface area is 119 Å². The van der Waals surface area contributed by atoms with Crippen molar-refractivity contribution in [1.29, 1.82) is 0 Å². The quantitative estimate of drug-likeness (QED) is 0.787. The molecule has 4 nitrogen and oxygen atoms in total. The van der Waals surface area contributed by atoms with Crippen molar-refractivity contribution < 1.29 is 9.84 Å². The van der Waals surface area contributed by atoms with Crippen LogP contribution in [0.3, 0.4) is 0 Å². The summed E-state index contributed by atoms with van der Waals surface area (Å²) in [4.78, 5) is 6.94. The number of fused-ring (bicyclic) bond motifs is 1. The van der Waals surface area contributed by atoms with Crippen LogP contribution in [0.2, 0.25) is 0 Å². The van der Waals surface area contributed by atoms with Crippen molar-refractivity contribution in [3.63, 3.8) is 0 Å². The van der Waals surface area contributed by atoms with Crippen LogP contribution in [0.4, 0.5) is 0 Å². The summed E-state index contributed by atoms with van der Waals surface area (Å²) in [6, 6.07) is 0.256. The zero-order valence-corrected chi connectivity index (χ0v) is 12.6. The van der Waals surface area contributed by atoms with Gasteiger partial charge < -0.3 is 14.7 Å². The third-order valence-corrected chi connectivity index (χ3v) is 4.88. The van der Waals surface area contributed by atoms with Crippen molar-refractivity contribution in [3.8, 4) is 0 Å². The summed E-state index contributed by atoms with van der Waals surface area (Å²) in [6.45, 7) is 6.86. The molecule has 0 aromatic rings. The van der Waals surface area contributed by atoms with Crippen LogP contribution < -0.4 is 0 Å². The van der Waals surface area contributed by atoms with E-state index in [0.717, 1.165) is 31.0 Å². The van der Waals surface area contributed by atoms with E-state index in [1.54, 1.807) is 17.8 Å². The Balaban J connectivity index is 1.90. The molecule has 0 aliphatic carbocycles. The molecular weight excluding hydrogens is 260 g/mol. The Hall–Kier alpha value is -0.520. The summed E-state index contributed by atoms with van der Waals surface area (Å²) in [6.07, 6.45) is 4.83. The second-order valence-electron chi connectivity index (χ2n) is 5.23. The molecule has 5 heteroatoms. The zero-order valence-electron chi connectivity index (χ0n) is 11.8. The molecule has 2 aliphatic rings. The summed E-state index contributed by atoms with van der Waals surface area (Å²) in [5.74, 6) is 0. The Morgan fingerprint density at radius 3 is 3.11 bits per heavy atom. The first-order valence-corrected chi connectivity index (χ1v) is 7.93. The van der Waals surface area contributed by atoms with Gasteiger partial charge in [0.05, 0.1) is 18.2 Å². The Morgan fingerprint density at radius 2 is 2.42 bits per heavy atom. The minimum Gasteiger partial charge on any atom is -0.390 e. The molecule has 0 spiro atoms. The van der Waals surface area contributed by atoms with Gasteiger partial charge >= 0.3 is 0 Å². The van der Waals surface area contributed by atoms with Gasteiger partial charge in [-0.05, 0) is 25.7 Å². The predicted octanol–water partition coefficient (Wildman–Crippen LogP) is 2.24. The van der Waals surface area contributed by atoms with E-state index in [0.29, 0.717) is 6.42 Å². The fraction of sp³-hybridized carbons (Fsp3) is 0.786. The van der Waals surface area contributed by atoms with Crippen molar-refractivity contribution >= 4 is 16.9 Å². The SMILES string of the molecule is C=CC[C@H](O)[C@H]1CC[C@H]2N=C(N(C)CCC)S[C@H]2O1. The first-order chi connectivity index (χ1) is 9.15. The molecule has 1 fully saturated rings. The standard InChI is InChI=1S/C14H24N2O2S/c1-4-6-11(17)12-8-7-10-13(18-12)19-14(15-10)16(3)9-5-2/h4,10-13,17H,1,5-9H2,2-3H3/t10-,11+,12-,13-/m1/s1. The molecule has 0 amide bonds. The maximum Gasteiger partial charge on any atom is 0.161 e. The second-order valence-corrected chi connectivity index (χ2v) is 6.30. The summed E-state index contributed by atoms with van der Waals surface area (Å²) >= 11 is 1.70. The molecular formula is C14H24N2O2S. The number of nitrogens with zero attached hydrogens (tertiary/aromatic N) is 2. The van der Waals surface area contributed by atoms with E-state index in [1.165, 1.54) is 0 Å². The molecule has 4 atom stereocenters. The van der Waals surface area contributed by atoms with Crippen molar-refractivity contribution in [2.24, 2.45) is 4.99 Å². The van der Waals surface area contributed by atoms with Gasteiger partial charge in [-0.3, -0.25) is 4.99 Å². The van der Waals surface area contributed by atoms with Crippen LogP contribution in [-0.2, 0) is 4.74 Å². The molecule has 2 aliphatic heterocycles. The maximum atomic E-state index is 10.00. The highest BCUT2D eigenvalue weighted by Gasteiger charge is 2.39. The van der Waals surface area contributed by atoms with E-state index >= 15 is 0 Å². The predicted molar refractivity (Wildman–Crippen MR) is 80.5 cm³/mol. The Morgan fingerprint density at radius 1 is 1.63 bits per heavy atom. The Bertz CT molecular complexity index is 348. The van der Waals surface area contributed by atoms with Crippen molar-refractivity contribution in [1.82, 2.24) is 4.90 Å². The summed E-state index contributed by atoms with van der Waals surface area (Å²) in [5, 5.41) is 11.1. The van der Waals surface area contributed by atoms with Gasteiger partial charge in [-0.1, -0.05) is 24.8 Å². The molecule has 19 heavy (non-hydrogen) atoms. The average molecular weight is 284 g/mol. The van der Waals surface area contributed by atoms with Gasteiger partial charge in [-0.15, -0.1) is 6.58 Å². The Kier molecular flexibility index (Phi) is 5.30. The highest BCUT2D eigenvalue weighted by molar-refractivity contribution is 8.14. The number of hydrogen-bond donors (Lipinski definition) is 1. The van der Waals surface area contributed by atoms with E-state index in [9.17, 15) is 5.11 Å². The molecule has 0 unspecified atom stereocenters. The van der Waals surface area contributed by atoms with Gasteiger partial charge in [0.25, 0.3) is 0 Å². The number of rotatable bonds is 5. The molecule has 2 rings (SSSR count). The normalized spacial score (nSPS) is 31.5. The number of ether oxygens (including phenoxy) is 1. The largest absolute Gasteiger partial charge is 0.390 e. The van der Waals surface area contributed by atoms with Crippen molar-refractivity contribution in [2.45, 2.75) is 56.3 Å². The zero-order chi connectivity index (χ0) is 13.8. The number of aliphatic hydroxyl groups is 1. The fourth-order valence-electron chi connectivity index (χ4n) is 2.54. The molecule has 0 aromatic heterocycles. The van der Waals surface area contributed by atoms with E-state index in [4.69, 9.17) is 9.73 Å². The molecule has 0 radical (unpaired) electrons. The third-order valence-electron chi connectivity index (χ3n) is 3.59. The molecule has 1 N–H and O–H groups in total. The molecule has 0 saturated carbocycles. The summed E-state index contributed by atoms with van der Waals surface area (Å²) < 4.78 is 6.01. The van der Waals surface area contributed by atoms with Gasteiger partial charge in [0.15, 0.2) is 5.17 Å². The minimum atomic E-state index is -0.434. The minimum absolute atomic E-state index is 0.0715. The molecule has 0 bridgehead atoms. The lowest BCUT2D eigenvalue weighted by Crippen LogP contribution is -2.40. The van der Waals surface area contributed by atoms with Gasteiger partial charge in [0.2, 0.25) is 0 Å². The number of hydrogen-bond acceptors (Lipinski definition) is 5. The molecule has 1 saturated heterocycles. The van der Waals surface area contributed by atoms with Crippen molar-refractivity contribution in [2.75, 3.05) is 13.6 Å². The topological polar surface area (TPSA) is 45.1 Å². The van der Waals surface area contributed by atoms with Crippen LogP contribution in [0.5, 0.6) is 0 Å². The fourth-order valence-corrected chi connectivity index (χ4v) is 3.76. The first kappa shape index (κ1) is 14.9. The lowest BCUT2D eigenvalue weighted by Gasteiger charge is -2.33. The monoisotopic (exact) mass is 284 g/mol. The lowest BCUT2D eigenvalue weighted by atomic mass is 9.99. The van der Waals surface area contributed by atoms with Crippen LogP contribution in [0, 0.1) is 0 Å². The number of thioether (sulfide) groups is 1. The first-order valence-electron chi connectivity index (χ1n) is 7.05. The third kappa shape index (κ3) is 3.52. The van der Waals surface area contributed by atoms with Gasteiger partial charge in [-0.2, -0.15) is 0 Å². The molecule has 0 aromatic carbocycles. The van der Waals surface area contributed by atoms with Crippen LogP contribution in [0.1, 0.15) is 32.6 Å². The van der Waals surface area contributed by atoms with E-state index in [-0.39, 0.29) is 17.6 Å². The summed E-state index contributed by atoms with van der Waals surface area (Å²) in [7, 11) is 2.08. The second kappa shape index (κ2) is 6.77. The van der Waals surface area contributed by atoms with Crippen molar-refractivity contribution in [3.05, 3.63) is 12.7 Å². The summed E-state index contributed by atoms with van der Waals surface area (Å²) in [5.41, 5.74) is 0.0764. The maximum absolute atomic E-state index is 10.00. The lowest BCUT2D eigenvalue weighted by molar-refractivity contribution is -0.0779. The van der Waals surface area contributed by atoms with Gasteiger partial charge in [0.1, 0.15) is 5.44 Å². The highest BCUT2D eigenvalue weighted by Crippen LogP contribution is 2.37. The van der Waals surface area contributed by atoms with Crippen LogP contribution in [0.15, 0.2) is 17.6 Å². The van der Waals surface area contributed by atoms with Crippen LogP contribution in [-0.4, -0.2) is 52.5 Å². The number of aliphatic hydroxyl groups excluding tert-OH is 1. The number of aliphatic imine (C=N–C) groups is 1. The van der Waals surface area contributed by atoms with E-state index in [2.05, 4.69) is 25.5 Å². The molecule has 2 heterocycles. The van der Waals surface area contributed by atoms with Gasteiger partial charge in [-0.25, -0.2) is 0 Å². The van der Waals surface area contributed by atoms with E-state index in [1.807, 2.05) is 0 Å².